The minimum absolute atomic E-state index is 0.0107. The zero-order valence-electron chi connectivity index (χ0n) is 33.9. The lowest BCUT2D eigenvalue weighted by Crippen LogP contribution is -2.65. The Bertz CT molecular complexity index is 1500. The molecule has 52 heavy (non-hydrogen) atoms. The molecular weight excluding hydrogens is 656 g/mol. The van der Waals surface area contributed by atoms with Crippen LogP contribution in [0.2, 0.25) is 0 Å². The molecule has 0 radical (unpaired) electrons. The highest BCUT2D eigenvalue weighted by Crippen LogP contribution is 2.75. The normalized spacial score (nSPS) is 40.3. The molecule has 1 aliphatic heterocycles. The summed E-state index contributed by atoms with van der Waals surface area (Å²) in [6.07, 6.45) is 9.23. The Balaban J connectivity index is 1.27. The molecule has 1 saturated heterocycles. The summed E-state index contributed by atoms with van der Waals surface area (Å²) < 4.78 is 12.1. The number of amides is 1. The molecule has 0 aromatic heterocycles. The van der Waals surface area contributed by atoms with Gasteiger partial charge in [0.2, 0.25) is 0 Å². The number of fused-ring (bicyclic) bond motifs is 6. The monoisotopic (exact) mass is 725 g/mol. The first-order valence-electron chi connectivity index (χ1n) is 20.4. The Labute approximate surface area is 312 Å². The van der Waals surface area contributed by atoms with Crippen LogP contribution in [-0.4, -0.2) is 72.2 Å². The van der Waals surface area contributed by atoms with Gasteiger partial charge in [0.15, 0.2) is 0 Å². The second-order valence-corrected chi connectivity index (χ2v) is 20.5. The largest absolute Gasteiger partial charge is 0.481 e. The van der Waals surface area contributed by atoms with E-state index >= 15 is 0 Å². The fourth-order valence-electron chi connectivity index (χ4n) is 13.3. The fraction of sp³-hybridized carbons (Fsp3) is 0.860. The summed E-state index contributed by atoms with van der Waals surface area (Å²) in [5.74, 6) is -0.0550. The zero-order chi connectivity index (χ0) is 38.2. The van der Waals surface area contributed by atoms with E-state index in [1.807, 2.05) is 0 Å². The molecule has 9 atom stereocenters. The first-order valence-corrected chi connectivity index (χ1v) is 20.4. The van der Waals surface area contributed by atoms with E-state index in [-0.39, 0.29) is 57.9 Å². The van der Waals surface area contributed by atoms with E-state index in [0.29, 0.717) is 30.8 Å². The molecule has 9 heteroatoms. The number of aliphatic carboxylic acids is 1. The summed E-state index contributed by atoms with van der Waals surface area (Å²) in [4.78, 5) is 54.7. The van der Waals surface area contributed by atoms with Crippen molar-refractivity contribution >= 4 is 23.8 Å². The molecule has 292 valence electrons. The molecule has 0 aromatic rings. The number of carboxylic acids is 1. The molecular formula is C43H68N2O7. The van der Waals surface area contributed by atoms with Crippen LogP contribution < -0.4 is 5.32 Å². The third-order valence-electron chi connectivity index (χ3n) is 16.2. The standard InChI is InChI=1S/C43H68N2O7/c1-26(2)34-29(46)22-43(44-37(50)51-25-27-12-11-21-45(10)24-27)20-19-41(8)28(35(34)43)13-14-31-40(7)17-16-32(52-33(47)23-38(3,4)36(48)49)39(5,6)30(40)15-18-42(31,41)9/h26-27,30-32,34H,11-25H2,1-10H3,(H,44,50)(H,48,49)/t27?,30?,31?,32-,34?,40-,41+,42+,43+/m0/s1. The number of carbonyl (C=O) groups is 4. The summed E-state index contributed by atoms with van der Waals surface area (Å²) in [5.41, 5.74) is 0.501. The van der Waals surface area contributed by atoms with Gasteiger partial charge in [-0.15, -0.1) is 0 Å². The quantitative estimate of drug-likeness (QED) is 0.190. The van der Waals surface area contributed by atoms with E-state index in [2.05, 4.69) is 65.7 Å². The second-order valence-electron chi connectivity index (χ2n) is 20.5. The summed E-state index contributed by atoms with van der Waals surface area (Å²) >= 11 is 0. The number of piperidine rings is 1. The van der Waals surface area contributed by atoms with Gasteiger partial charge in [-0.1, -0.05) is 54.0 Å². The summed E-state index contributed by atoms with van der Waals surface area (Å²) in [6, 6.07) is 0. The molecule has 5 aliphatic carbocycles. The molecule has 4 unspecified atom stereocenters. The van der Waals surface area contributed by atoms with Crippen LogP contribution in [-0.2, 0) is 23.9 Å². The number of esters is 1. The van der Waals surface area contributed by atoms with Crippen molar-refractivity contribution in [2.24, 2.45) is 56.7 Å². The molecule has 4 saturated carbocycles. The molecule has 5 fully saturated rings. The van der Waals surface area contributed by atoms with E-state index in [4.69, 9.17) is 9.47 Å². The van der Waals surface area contributed by atoms with Crippen LogP contribution in [0, 0.1) is 56.7 Å². The van der Waals surface area contributed by atoms with Crippen LogP contribution in [0.25, 0.3) is 0 Å². The van der Waals surface area contributed by atoms with Gasteiger partial charge in [-0.05, 0) is 131 Å². The van der Waals surface area contributed by atoms with E-state index in [1.54, 1.807) is 13.8 Å². The number of rotatable bonds is 8. The first-order chi connectivity index (χ1) is 24.1. The highest BCUT2D eigenvalue weighted by atomic mass is 16.6. The molecule has 1 amide bonds. The number of ketones is 1. The predicted molar refractivity (Wildman–Crippen MR) is 200 cm³/mol. The van der Waals surface area contributed by atoms with Gasteiger partial charge in [0, 0.05) is 30.2 Å². The lowest BCUT2D eigenvalue weighted by molar-refractivity contribution is -0.214. The van der Waals surface area contributed by atoms with Crippen molar-refractivity contribution in [3.8, 4) is 0 Å². The van der Waals surface area contributed by atoms with Crippen molar-refractivity contribution < 1.29 is 33.8 Å². The van der Waals surface area contributed by atoms with Gasteiger partial charge in [-0.3, -0.25) is 14.4 Å². The molecule has 6 rings (SSSR count). The Morgan fingerprint density at radius 1 is 0.981 bits per heavy atom. The minimum Gasteiger partial charge on any atom is -0.481 e. The molecule has 0 spiro atoms. The third-order valence-corrected chi connectivity index (χ3v) is 16.2. The SMILES string of the molecule is CC(C)C1C(=O)C[C@]2(NC(=O)OCC3CCCN(C)C3)CC[C@]3(C)C(=C12)CCC1[C@@]2(C)CC[C@H](OC(=O)CC(C)(C)C(=O)O)C(C)(C)C2CC[C@]13C. The van der Waals surface area contributed by atoms with Crippen LogP contribution >= 0.6 is 0 Å². The number of nitrogens with zero attached hydrogens (tertiary/aromatic N) is 1. The van der Waals surface area contributed by atoms with E-state index < -0.39 is 22.9 Å². The molecule has 9 nitrogen and oxygen atoms in total. The number of nitrogens with one attached hydrogen (secondary N) is 1. The number of carboxylic acid groups (broad SMARTS) is 1. The van der Waals surface area contributed by atoms with Crippen LogP contribution in [0.5, 0.6) is 0 Å². The second kappa shape index (κ2) is 13.4. The van der Waals surface area contributed by atoms with Gasteiger partial charge < -0.3 is 24.8 Å². The summed E-state index contributed by atoms with van der Waals surface area (Å²) in [5, 5.41) is 13.0. The maximum absolute atomic E-state index is 14.0. The molecule has 6 aliphatic rings. The number of Topliss-reactive ketones (excluding diaryl/α,β-unsaturated/α-hetero) is 1. The van der Waals surface area contributed by atoms with Crippen LogP contribution in [0.1, 0.15) is 139 Å². The number of hydrogen-bond acceptors (Lipinski definition) is 7. The number of ether oxygens (including phenoxy) is 2. The maximum Gasteiger partial charge on any atom is 0.407 e. The van der Waals surface area contributed by atoms with Crippen LogP contribution in [0.4, 0.5) is 4.79 Å². The van der Waals surface area contributed by atoms with Gasteiger partial charge in [-0.2, -0.15) is 0 Å². The number of likely N-dealkylation sites (tertiary alicyclic amines) is 1. The first kappa shape index (κ1) is 39.3. The number of allylic oxidation sites excluding steroid dienone is 1. The van der Waals surface area contributed by atoms with E-state index in [0.717, 1.165) is 77.3 Å². The van der Waals surface area contributed by atoms with Gasteiger partial charge in [-0.25, -0.2) is 4.79 Å². The van der Waals surface area contributed by atoms with Gasteiger partial charge in [0.25, 0.3) is 0 Å². The van der Waals surface area contributed by atoms with Crippen LogP contribution in [0.3, 0.4) is 0 Å². The topological polar surface area (TPSA) is 122 Å². The maximum atomic E-state index is 14.0. The third kappa shape index (κ3) is 6.24. The molecule has 2 N–H and O–H groups in total. The van der Waals surface area contributed by atoms with Crippen molar-refractivity contribution in [2.45, 2.75) is 151 Å². The van der Waals surface area contributed by atoms with Crippen molar-refractivity contribution in [2.75, 3.05) is 26.7 Å². The Morgan fingerprint density at radius 2 is 1.69 bits per heavy atom. The average Bonchev–Trinajstić information content (AvgIpc) is 3.33. The Morgan fingerprint density at radius 3 is 2.35 bits per heavy atom. The summed E-state index contributed by atoms with van der Waals surface area (Å²) in [6.45, 7) is 21.9. The molecule has 1 heterocycles. The number of alkyl carbamates (subject to hydrolysis) is 1. The smallest absolute Gasteiger partial charge is 0.407 e. The lowest BCUT2D eigenvalue weighted by Gasteiger charge is -2.70. The minimum atomic E-state index is -1.17. The number of hydrogen-bond donors (Lipinski definition) is 2. The van der Waals surface area contributed by atoms with Gasteiger partial charge in [0.05, 0.1) is 24.0 Å². The van der Waals surface area contributed by atoms with Crippen molar-refractivity contribution in [1.29, 1.82) is 0 Å². The van der Waals surface area contributed by atoms with Gasteiger partial charge >= 0.3 is 18.0 Å². The van der Waals surface area contributed by atoms with Gasteiger partial charge in [0.1, 0.15) is 11.9 Å². The zero-order valence-corrected chi connectivity index (χ0v) is 33.9. The highest BCUT2D eigenvalue weighted by Gasteiger charge is 2.69. The highest BCUT2D eigenvalue weighted by molar-refractivity contribution is 5.92. The van der Waals surface area contributed by atoms with Crippen LogP contribution in [0.15, 0.2) is 11.1 Å². The predicted octanol–water partition coefficient (Wildman–Crippen LogP) is 8.20. The Hall–Kier alpha value is -2.42. The number of carbonyl (C=O) groups excluding carboxylic acids is 3. The average molecular weight is 725 g/mol. The van der Waals surface area contributed by atoms with E-state index in [1.165, 1.54) is 11.1 Å². The van der Waals surface area contributed by atoms with Crippen molar-refractivity contribution in [1.82, 2.24) is 10.2 Å². The van der Waals surface area contributed by atoms with Crippen molar-refractivity contribution in [3.63, 3.8) is 0 Å². The Kier molecular flexibility index (Phi) is 10.1. The molecule has 0 aromatic carbocycles. The molecule has 0 bridgehead atoms. The fourth-order valence-corrected chi connectivity index (χ4v) is 13.3. The lowest BCUT2D eigenvalue weighted by atomic mass is 9.34. The van der Waals surface area contributed by atoms with E-state index in [9.17, 15) is 24.3 Å². The summed E-state index contributed by atoms with van der Waals surface area (Å²) in [7, 11) is 2.12. The van der Waals surface area contributed by atoms with Crippen molar-refractivity contribution in [3.05, 3.63) is 11.1 Å².